The molecule has 1 aliphatic rings. The van der Waals surface area contributed by atoms with Crippen molar-refractivity contribution in [2.45, 2.75) is 24.0 Å². The van der Waals surface area contributed by atoms with Crippen molar-refractivity contribution in [3.63, 3.8) is 0 Å². The molecule has 1 fully saturated rings. The molecule has 1 aliphatic heterocycles. The van der Waals surface area contributed by atoms with Gasteiger partial charge in [0.2, 0.25) is 5.60 Å². The molecule has 0 amide bonds. The second-order valence-corrected chi connectivity index (χ2v) is 4.55. The van der Waals surface area contributed by atoms with Crippen molar-refractivity contribution in [2.75, 3.05) is 12.3 Å². The molecule has 2 rings (SSSR count). The van der Waals surface area contributed by atoms with E-state index in [0.29, 0.717) is 10.8 Å². The van der Waals surface area contributed by atoms with Gasteiger partial charge in [-0.3, -0.25) is 4.57 Å². The van der Waals surface area contributed by atoms with Gasteiger partial charge in [-0.05, 0) is 17.5 Å². The zero-order valence-corrected chi connectivity index (χ0v) is 11.2. The molecular weight excluding hydrogens is 309 g/mol. The summed E-state index contributed by atoms with van der Waals surface area (Å²) in [6.07, 6.45) is -3.88. The maximum atomic E-state index is 13.5. The summed E-state index contributed by atoms with van der Waals surface area (Å²) < 4.78 is 19.2. The largest absolute Gasteiger partial charge is 0.394 e. The normalized spacial score (nSPS) is 31.8. The first-order valence-electron chi connectivity index (χ1n) is 5.69. The molecule has 2 heterocycles. The maximum Gasteiger partial charge on any atom is 0.351 e. The van der Waals surface area contributed by atoms with Crippen molar-refractivity contribution < 1.29 is 24.4 Å². The van der Waals surface area contributed by atoms with Crippen LogP contribution < -0.4 is 11.4 Å². The molecule has 1 aromatic heterocycles. The van der Waals surface area contributed by atoms with Crippen molar-refractivity contribution >= 4 is 17.4 Å². The molecule has 0 saturated carbocycles. The molecule has 0 radical (unpaired) electrons. The number of hydrogen-bond acceptors (Lipinski definition) is 7. The molecule has 8 nitrogen and oxygen atoms in total. The average Bonchev–Trinajstić information content (AvgIpc) is 2.67. The van der Waals surface area contributed by atoms with Gasteiger partial charge in [0.15, 0.2) is 17.9 Å². The third-order valence-electron chi connectivity index (χ3n) is 3.10. The van der Waals surface area contributed by atoms with Crippen LogP contribution in [0.25, 0.3) is 0 Å². The third-order valence-corrected chi connectivity index (χ3v) is 3.19. The first-order chi connectivity index (χ1) is 9.85. The fourth-order valence-electron chi connectivity index (χ4n) is 2.03. The molecule has 21 heavy (non-hydrogen) atoms. The van der Waals surface area contributed by atoms with E-state index in [0.717, 1.165) is 0 Å². The monoisotopic (exact) mass is 319 g/mol. The van der Waals surface area contributed by atoms with Crippen LogP contribution >= 0.6 is 11.6 Å². The third kappa shape index (κ3) is 2.48. The average molecular weight is 320 g/mol. The summed E-state index contributed by atoms with van der Waals surface area (Å²) in [6, 6.07) is 0. The minimum absolute atomic E-state index is 0.575. The van der Waals surface area contributed by atoms with Crippen LogP contribution in [0.5, 0.6) is 0 Å². The number of aromatic nitrogens is 2. The topological polar surface area (TPSA) is 131 Å². The number of anilines is 1. The highest BCUT2D eigenvalue weighted by Gasteiger charge is 2.56. The van der Waals surface area contributed by atoms with Gasteiger partial charge in [0.25, 0.3) is 0 Å². The molecular formula is C11H11ClFN3O5. The molecule has 1 saturated heterocycles. The zero-order chi connectivity index (χ0) is 15.8. The smallest absolute Gasteiger partial charge is 0.351 e. The van der Waals surface area contributed by atoms with Crippen molar-refractivity contribution in [1.29, 1.82) is 0 Å². The van der Waals surface area contributed by atoms with Gasteiger partial charge in [-0.25, -0.2) is 9.18 Å². The Kier molecular flexibility index (Phi) is 4.18. The Hall–Kier alpha value is -1.70. The fraction of sp³-hybridized carbons (Fsp3) is 0.455. The van der Waals surface area contributed by atoms with Crippen LogP contribution in [0, 0.1) is 17.1 Å². The Morgan fingerprint density at radius 2 is 2.33 bits per heavy atom. The Labute approximate surface area is 122 Å². The Balaban J connectivity index is 2.58. The molecule has 0 bridgehead atoms. The van der Waals surface area contributed by atoms with Gasteiger partial charge in [-0.1, -0.05) is 0 Å². The SMILES string of the molecule is Nc1nc(=O)n([C@@H]2O[C@H](CO)[C@@H](O)[C@]2(O)C#CCl)cc1F. The minimum Gasteiger partial charge on any atom is -0.394 e. The van der Waals surface area contributed by atoms with E-state index in [1.54, 1.807) is 0 Å². The second kappa shape index (κ2) is 5.59. The first kappa shape index (κ1) is 15.7. The molecule has 4 atom stereocenters. The zero-order valence-electron chi connectivity index (χ0n) is 10.4. The number of aliphatic hydroxyl groups excluding tert-OH is 2. The standard InChI is InChI=1S/C11H11ClFN3O5/c12-2-1-11(20)7(18)6(4-17)21-9(11)16-3-5(13)8(14)15-10(16)19/h3,6-7,9,17-18,20H,4H2,(H2,14,15,19)/t6-,7-,9-,11-/m1/s1. The van der Waals surface area contributed by atoms with E-state index >= 15 is 0 Å². The number of aliphatic hydroxyl groups is 3. The highest BCUT2D eigenvalue weighted by Crippen LogP contribution is 2.37. The molecule has 114 valence electrons. The Bertz CT molecular complexity index is 672. The van der Waals surface area contributed by atoms with Crippen LogP contribution in [0.15, 0.2) is 11.0 Å². The summed E-state index contributed by atoms with van der Waals surface area (Å²) in [5.74, 6) is 0.437. The van der Waals surface area contributed by atoms with Crippen LogP contribution in [0.4, 0.5) is 10.2 Å². The molecule has 5 N–H and O–H groups in total. The van der Waals surface area contributed by atoms with Crippen LogP contribution in [0.1, 0.15) is 6.23 Å². The summed E-state index contributed by atoms with van der Waals surface area (Å²) in [4.78, 5) is 15.0. The maximum absolute atomic E-state index is 13.5. The van der Waals surface area contributed by atoms with Crippen molar-refractivity contribution in [1.82, 2.24) is 9.55 Å². The molecule has 0 unspecified atom stereocenters. The summed E-state index contributed by atoms with van der Waals surface area (Å²) in [7, 11) is 0. The number of halogens is 2. The van der Waals surface area contributed by atoms with E-state index in [-0.39, 0.29) is 0 Å². The number of nitrogen functional groups attached to an aromatic ring is 1. The van der Waals surface area contributed by atoms with Gasteiger partial charge in [0.1, 0.15) is 12.2 Å². The van der Waals surface area contributed by atoms with E-state index in [9.17, 15) is 19.4 Å². The summed E-state index contributed by atoms with van der Waals surface area (Å²) in [6.45, 7) is -0.663. The van der Waals surface area contributed by atoms with Gasteiger partial charge in [0.05, 0.1) is 12.8 Å². The lowest BCUT2D eigenvalue weighted by atomic mass is 9.95. The van der Waals surface area contributed by atoms with E-state index < -0.39 is 48.0 Å². The second-order valence-electron chi connectivity index (χ2n) is 4.36. The molecule has 0 aromatic carbocycles. The van der Waals surface area contributed by atoms with Crippen molar-refractivity contribution in [3.05, 3.63) is 22.5 Å². The summed E-state index contributed by atoms with van der Waals surface area (Å²) in [5.41, 5.74) is 1.80. The number of nitrogens with two attached hydrogens (primary N) is 1. The van der Waals surface area contributed by atoms with Gasteiger partial charge >= 0.3 is 5.69 Å². The van der Waals surface area contributed by atoms with Crippen molar-refractivity contribution in [3.8, 4) is 11.3 Å². The summed E-state index contributed by atoms with van der Waals surface area (Å²) in [5, 5.41) is 31.3. The van der Waals surface area contributed by atoms with E-state index in [1.165, 1.54) is 0 Å². The highest BCUT2D eigenvalue weighted by molar-refractivity contribution is 6.30. The van der Waals surface area contributed by atoms with Gasteiger partial charge in [-0.2, -0.15) is 4.98 Å². The predicted octanol–water partition coefficient (Wildman–Crippen LogP) is -1.85. The van der Waals surface area contributed by atoms with E-state index in [2.05, 4.69) is 10.9 Å². The minimum atomic E-state index is -2.33. The van der Waals surface area contributed by atoms with Crippen LogP contribution in [-0.2, 0) is 4.74 Å². The van der Waals surface area contributed by atoms with Crippen LogP contribution in [0.3, 0.4) is 0 Å². The van der Waals surface area contributed by atoms with Gasteiger partial charge in [0, 0.05) is 5.38 Å². The number of rotatable bonds is 2. The lowest BCUT2D eigenvalue weighted by molar-refractivity contribution is -0.0768. The lowest BCUT2D eigenvalue weighted by Crippen LogP contribution is -2.47. The van der Waals surface area contributed by atoms with Crippen LogP contribution in [-0.4, -0.2) is 49.3 Å². The number of ether oxygens (including phenoxy) is 1. The van der Waals surface area contributed by atoms with Gasteiger partial charge in [-0.15, -0.1) is 0 Å². The van der Waals surface area contributed by atoms with Gasteiger partial charge < -0.3 is 25.8 Å². The molecule has 0 aliphatic carbocycles. The predicted molar refractivity (Wildman–Crippen MR) is 68.4 cm³/mol. The lowest BCUT2D eigenvalue weighted by Gasteiger charge is -2.26. The van der Waals surface area contributed by atoms with Crippen LogP contribution in [0.2, 0.25) is 0 Å². The van der Waals surface area contributed by atoms with E-state index in [1.807, 2.05) is 5.38 Å². The highest BCUT2D eigenvalue weighted by atomic mass is 35.5. The molecule has 10 heteroatoms. The quantitative estimate of drug-likeness (QED) is 0.470. The van der Waals surface area contributed by atoms with Crippen molar-refractivity contribution in [2.24, 2.45) is 0 Å². The Morgan fingerprint density at radius 3 is 2.90 bits per heavy atom. The molecule has 1 aromatic rings. The Morgan fingerprint density at radius 1 is 1.67 bits per heavy atom. The number of nitrogens with zero attached hydrogens (tertiary/aromatic N) is 2. The molecule has 0 spiro atoms. The fourth-order valence-corrected chi connectivity index (χ4v) is 2.18. The van der Waals surface area contributed by atoms with E-state index in [4.69, 9.17) is 27.2 Å². The summed E-state index contributed by atoms with van der Waals surface area (Å²) >= 11 is 5.23. The number of hydrogen-bond donors (Lipinski definition) is 4. The first-order valence-corrected chi connectivity index (χ1v) is 6.06.